The Morgan fingerprint density at radius 1 is 1.00 bits per heavy atom. The zero-order chi connectivity index (χ0) is 19.9. The van der Waals surface area contributed by atoms with Crippen LogP contribution in [0.15, 0.2) is 52.0 Å². The second kappa shape index (κ2) is 5.83. The molecule has 0 radical (unpaired) electrons. The maximum Gasteiger partial charge on any atom is 0.254 e. The maximum atomic E-state index is 12.9. The van der Waals surface area contributed by atoms with Gasteiger partial charge < -0.3 is 4.42 Å². The molecule has 3 fully saturated rings. The number of allylic oxidation sites excluding steroid dienone is 2. The van der Waals surface area contributed by atoms with E-state index in [4.69, 9.17) is 27.6 Å². The highest BCUT2D eigenvalue weighted by atomic mass is 35.5. The Kier molecular flexibility index (Phi) is 3.52. The molecule has 3 aliphatic carbocycles. The van der Waals surface area contributed by atoms with Gasteiger partial charge in [0, 0.05) is 5.56 Å². The number of fused-ring (bicyclic) bond motifs is 3. The average Bonchev–Trinajstić information content (AvgIpc) is 2.99. The number of hydrogen-bond donors (Lipinski definition) is 0. The quantitative estimate of drug-likeness (QED) is 0.402. The van der Waals surface area contributed by atoms with Crippen molar-refractivity contribution < 1.29 is 14.0 Å². The summed E-state index contributed by atoms with van der Waals surface area (Å²) < 4.78 is 5.77. The molecule has 146 valence electrons. The minimum absolute atomic E-state index is 0.185. The van der Waals surface area contributed by atoms with Crippen LogP contribution in [0, 0.1) is 29.1 Å². The lowest BCUT2D eigenvalue weighted by atomic mass is 9.85. The molecule has 2 bridgehead atoms. The highest BCUT2D eigenvalue weighted by Crippen LogP contribution is 2.73. The molecule has 0 unspecified atom stereocenters. The van der Waals surface area contributed by atoms with Crippen molar-refractivity contribution >= 4 is 41.2 Å². The third-order valence-corrected chi connectivity index (χ3v) is 7.70. The van der Waals surface area contributed by atoms with E-state index in [-0.39, 0.29) is 40.9 Å². The lowest BCUT2D eigenvalue weighted by Gasteiger charge is -2.18. The largest absolute Gasteiger partial charge is 0.455 e. The Morgan fingerprint density at radius 3 is 2.31 bits per heavy atom. The van der Waals surface area contributed by atoms with E-state index < -0.39 is 0 Å². The number of hydrogen-bond acceptors (Lipinski definition) is 4. The predicted octanol–water partition coefficient (Wildman–Crippen LogP) is 4.78. The van der Waals surface area contributed by atoms with Crippen molar-refractivity contribution in [2.75, 3.05) is 0 Å². The summed E-state index contributed by atoms with van der Waals surface area (Å²) in [6.07, 6.45) is 7.95. The first-order valence-electron chi connectivity index (χ1n) is 9.65. The van der Waals surface area contributed by atoms with Crippen LogP contribution in [0.25, 0.3) is 11.3 Å². The maximum absolute atomic E-state index is 12.9. The number of imide groups is 1. The molecule has 2 amide bonds. The van der Waals surface area contributed by atoms with Gasteiger partial charge in [-0.25, -0.2) is 0 Å². The molecule has 2 heterocycles. The zero-order valence-corrected chi connectivity index (χ0v) is 16.7. The predicted molar refractivity (Wildman–Crippen MR) is 108 cm³/mol. The summed E-state index contributed by atoms with van der Waals surface area (Å²) in [6.45, 7) is 0. The van der Waals surface area contributed by atoms with E-state index >= 15 is 0 Å². The van der Waals surface area contributed by atoms with E-state index in [1.165, 1.54) is 6.21 Å². The summed E-state index contributed by atoms with van der Waals surface area (Å²) in [5, 5.41) is 6.13. The van der Waals surface area contributed by atoms with Crippen LogP contribution in [0.5, 0.6) is 0 Å². The highest BCUT2D eigenvalue weighted by molar-refractivity contribution is 6.42. The number of carbonyl (C=O) groups excluding carboxylic acids is 2. The van der Waals surface area contributed by atoms with Crippen LogP contribution in [0.1, 0.15) is 18.6 Å². The molecule has 2 aromatic rings. The number of nitrogens with zero attached hydrogens (tertiary/aromatic N) is 2. The first-order chi connectivity index (χ1) is 14.0. The first kappa shape index (κ1) is 17.5. The summed E-state index contributed by atoms with van der Waals surface area (Å²) in [4.78, 5) is 25.8. The highest BCUT2D eigenvalue weighted by Gasteiger charge is 2.73. The molecule has 2 saturated carbocycles. The number of halogens is 2. The van der Waals surface area contributed by atoms with Gasteiger partial charge in [0.25, 0.3) is 11.8 Å². The Hall–Kier alpha value is -2.37. The summed E-state index contributed by atoms with van der Waals surface area (Å²) in [5.74, 6) is 0.563. The molecule has 1 spiro atoms. The van der Waals surface area contributed by atoms with E-state index in [0.29, 0.717) is 21.6 Å². The van der Waals surface area contributed by atoms with Gasteiger partial charge in [-0.05, 0) is 60.4 Å². The van der Waals surface area contributed by atoms with Crippen LogP contribution in [0.2, 0.25) is 10.0 Å². The number of rotatable bonds is 3. The summed E-state index contributed by atoms with van der Waals surface area (Å²) in [6, 6.07) is 8.74. The normalized spacial score (nSPS) is 30.9. The molecule has 4 atom stereocenters. The van der Waals surface area contributed by atoms with Gasteiger partial charge in [0.15, 0.2) is 0 Å². The molecule has 1 saturated heterocycles. The van der Waals surface area contributed by atoms with Gasteiger partial charge >= 0.3 is 0 Å². The number of carbonyl (C=O) groups is 2. The Bertz CT molecular complexity index is 1100. The minimum atomic E-state index is -0.250. The number of furan rings is 1. The van der Waals surface area contributed by atoms with E-state index in [1.807, 2.05) is 0 Å². The Labute approximate surface area is 177 Å². The standard InChI is InChI=1S/C22H16Cl2N2O3/c23-15-5-1-11(9-16(15)24)17-6-2-12(29-17)10-25-26-20(27)18-13-3-4-14(19(18)21(26)28)22(13)7-8-22/h1-6,9-10,13-14,18-19H,7-8H2/b25-10-/t13-,14-,18+,19+/m1/s1. The van der Waals surface area contributed by atoms with Crippen LogP contribution in [-0.2, 0) is 9.59 Å². The summed E-state index contributed by atoms with van der Waals surface area (Å²) >= 11 is 12.0. The van der Waals surface area contributed by atoms with Gasteiger partial charge in [-0.15, -0.1) is 0 Å². The van der Waals surface area contributed by atoms with Crippen LogP contribution in [0.4, 0.5) is 0 Å². The Balaban J connectivity index is 1.24. The SMILES string of the molecule is O=C1[C@@H]2[C@@H](C(=O)N1/N=C\c1ccc(-c3ccc(Cl)c(Cl)c3)o1)[C@H]1C=C[C@H]2C12CC2. The van der Waals surface area contributed by atoms with Crippen LogP contribution in [-0.4, -0.2) is 23.0 Å². The first-order valence-corrected chi connectivity index (χ1v) is 10.4. The number of amides is 2. The average molecular weight is 427 g/mol. The fourth-order valence-corrected chi connectivity index (χ4v) is 5.82. The smallest absolute Gasteiger partial charge is 0.254 e. The third kappa shape index (κ3) is 2.31. The fraction of sp³-hybridized carbons (Fsp3) is 0.318. The third-order valence-electron chi connectivity index (χ3n) is 6.96. The van der Waals surface area contributed by atoms with Gasteiger partial charge in [-0.2, -0.15) is 10.1 Å². The number of hydrazone groups is 1. The van der Waals surface area contributed by atoms with Crippen molar-refractivity contribution in [2.24, 2.45) is 34.2 Å². The van der Waals surface area contributed by atoms with Crippen molar-refractivity contribution in [3.8, 4) is 11.3 Å². The van der Waals surface area contributed by atoms with E-state index in [9.17, 15) is 9.59 Å². The second-order valence-electron chi connectivity index (χ2n) is 8.28. The molecule has 1 aliphatic heterocycles. The molecular weight excluding hydrogens is 411 g/mol. The lowest BCUT2D eigenvalue weighted by molar-refractivity contribution is -0.141. The van der Waals surface area contributed by atoms with E-state index in [0.717, 1.165) is 23.4 Å². The van der Waals surface area contributed by atoms with Crippen LogP contribution >= 0.6 is 23.2 Å². The molecule has 29 heavy (non-hydrogen) atoms. The monoisotopic (exact) mass is 426 g/mol. The van der Waals surface area contributed by atoms with Crippen molar-refractivity contribution in [1.82, 2.24) is 5.01 Å². The molecule has 1 aromatic heterocycles. The van der Waals surface area contributed by atoms with E-state index in [2.05, 4.69) is 17.3 Å². The summed E-state index contributed by atoms with van der Waals surface area (Å²) in [7, 11) is 0. The van der Waals surface area contributed by atoms with Gasteiger partial charge in [0.05, 0.1) is 28.1 Å². The van der Waals surface area contributed by atoms with Crippen molar-refractivity contribution in [3.05, 3.63) is 58.3 Å². The number of benzene rings is 1. The van der Waals surface area contributed by atoms with Gasteiger partial charge in [0.2, 0.25) is 0 Å². The van der Waals surface area contributed by atoms with Crippen molar-refractivity contribution in [3.63, 3.8) is 0 Å². The lowest BCUT2D eigenvalue weighted by Crippen LogP contribution is -2.30. The molecule has 5 nitrogen and oxygen atoms in total. The molecule has 4 aliphatic rings. The van der Waals surface area contributed by atoms with Gasteiger partial charge in [0.1, 0.15) is 11.5 Å². The summed E-state index contributed by atoms with van der Waals surface area (Å²) in [5.41, 5.74) is 0.964. The zero-order valence-electron chi connectivity index (χ0n) is 15.2. The van der Waals surface area contributed by atoms with Crippen molar-refractivity contribution in [2.45, 2.75) is 12.8 Å². The van der Waals surface area contributed by atoms with Gasteiger partial charge in [-0.1, -0.05) is 35.4 Å². The van der Waals surface area contributed by atoms with Crippen molar-refractivity contribution in [1.29, 1.82) is 0 Å². The van der Waals surface area contributed by atoms with E-state index in [1.54, 1.807) is 30.3 Å². The molecule has 6 rings (SSSR count). The van der Waals surface area contributed by atoms with Crippen LogP contribution < -0.4 is 0 Å². The molecule has 0 N–H and O–H groups in total. The van der Waals surface area contributed by atoms with Crippen LogP contribution in [0.3, 0.4) is 0 Å². The molecule has 1 aromatic carbocycles. The second-order valence-corrected chi connectivity index (χ2v) is 9.10. The molecule has 7 heteroatoms. The van der Waals surface area contributed by atoms with Gasteiger partial charge in [-0.3, -0.25) is 9.59 Å². The molecular formula is C22H16Cl2N2O3. The topological polar surface area (TPSA) is 62.9 Å². The Morgan fingerprint density at radius 2 is 1.69 bits per heavy atom. The fourth-order valence-electron chi connectivity index (χ4n) is 5.52. The minimum Gasteiger partial charge on any atom is -0.455 e.